The fraction of sp³-hybridized carbons (Fsp3) is 0.241. The molecule has 10 heteroatoms. The van der Waals surface area contributed by atoms with E-state index >= 15 is 0 Å². The van der Waals surface area contributed by atoms with Gasteiger partial charge in [0, 0.05) is 47.7 Å². The molecule has 1 aliphatic heterocycles. The Morgan fingerprint density at radius 2 is 1.82 bits per heavy atom. The van der Waals surface area contributed by atoms with Gasteiger partial charge in [0.1, 0.15) is 5.69 Å². The molecule has 39 heavy (non-hydrogen) atoms. The van der Waals surface area contributed by atoms with Crippen LogP contribution in [-0.2, 0) is 11.0 Å². The predicted molar refractivity (Wildman–Crippen MR) is 142 cm³/mol. The number of aromatic nitrogens is 3. The second kappa shape index (κ2) is 10.7. The van der Waals surface area contributed by atoms with Gasteiger partial charge in [0.2, 0.25) is 0 Å². The first-order valence-electron chi connectivity index (χ1n) is 12.5. The number of hydrogen-bond donors (Lipinski definition) is 2. The first-order valence-corrected chi connectivity index (χ1v) is 12.5. The summed E-state index contributed by atoms with van der Waals surface area (Å²) >= 11 is 0. The van der Waals surface area contributed by atoms with Crippen LogP contribution in [0.2, 0.25) is 0 Å². The molecule has 1 saturated heterocycles. The fourth-order valence-electron chi connectivity index (χ4n) is 4.80. The average Bonchev–Trinajstić information content (AvgIpc) is 3.38. The Bertz CT molecular complexity index is 1520. The zero-order valence-electron chi connectivity index (χ0n) is 21.1. The van der Waals surface area contributed by atoms with Gasteiger partial charge >= 0.3 is 6.18 Å². The van der Waals surface area contributed by atoms with E-state index in [1.165, 1.54) is 18.2 Å². The van der Waals surface area contributed by atoms with Crippen LogP contribution in [-0.4, -0.2) is 45.0 Å². The maximum Gasteiger partial charge on any atom is 0.433 e. The number of fused-ring (bicyclic) bond motifs is 1. The predicted octanol–water partition coefficient (Wildman–Crippen LogP) is 6.04. The quantitative estimate of drug-likeness (QED) is 0.306. The molecular weight excluding hydrogens is 507 g/mol. The van der Waals surface area contributed by atoms with Crippen molar-refractivity contribution in [2.24, 2.45) is 0 Å². The topological polar surface area (TPSA) is 91.0 Å². The SMILES string of the molecule is C/C(=C\c1cccnc1)C(=O)Nc1ccc(C2CCN(C(=O)c3ccc4n[nH]c(C(F)(F)F)c4c3)CC2)cc1. The second-order valence-corrected chi connectivity index (χ2v) is 9.58. The lowest BCUT2D eigenvalue weighted by atomic mass is 9.89. The number of piperidine rings is 1. The third-order valence-corrected chi connectivity index (χ3v) is 6.93. The molecule has 0 spiro atoms. The first kappa shape index (κ1) is 26.1. The molecule has 1 fully saturated rings. The molecule has 0 aliphatic carbocycles. The molecule has 0 saturated carbocycles. The zero-order valence-corrected chi connectivity index (χ0v) is 21.1. The molecule has 5 rings (SSSR count). The molecule has 0 unspecified atom stereocenters. The Labute approximate surface area is 222 Å². The number of H-pyrrole nitrogens is 1. The van der Waals surface area contributed by atoms with Gasteiger partial charge in [-0.1, -0.05) is 18.2 Å². The van der Waals surface area contributed by atoms with Gasteiger partial charge < -0.3 is 10.2 Å². The van der Waals surface area contributed by atoms with Crippen LogP contribution in [0.15, 0.2) is 72.6 Å². The monoisotopic (exact) mass is 533 g/mol. The number of pyridine rings is 1. The van der Waals surface area contributed by atoms with Crippen LogP contribution in [0, 0.1) is 0 Å². The van der Waals surface area contributed by atoms with Crippen molar-refractivity contribution >= 4 is 34.5 Å². The average molecular weight is 534 g/mol. The van der Waals surface area contributed by atoms with Gasteiger partial charge in [0.15, 0.2) is 0 Å². The number of likely N-dealkylation sites (tertiary alicyclic amines) is 1. The molecule has 2 aromatic heterocycles. The van der Waals surface area contributed by atoms with E-state index in [0.29, 0.717) is 24.4 Å². The smallest absolute Gasteiger partial charge is 0.339 e. The van der Waals surface area contributed by atoms with E-state index in [1.807, 2.05) is 41.5 Å². The van der Waals surface area contributed by atoms with Crippen molar-refractivity contribution in [2.75, 3.05) is 18.4 Å². The Morgan fingerprint density at radius 3 is 2.49 bits per heavy atom. The van der Waals surface area contributed by atoms with Gasteiger partial charge in [0.25, 0.3) is 11.8 Å². The van der Waals surface area contributed by atoms with Gasteiger partial charge in [-0.25, -0.2) is 0 Å². The number of carbonyl (C=O) groups excluding carboxylic acids is 2. The van der Waals surface area contributed by atoms with Crippen LogP contribution >= 0.6 is 0 Å². The Morgan fingerprint density at radius 1 is 1.08 bits per heavy atom. The molecule has 4 aromatic rings. The van der Waals surface area contributed by atoms with Gasteiger partial charge in [-0.05, 0) is 79.3 Å². The summed E-state index contributed by atoms with van der Waals surface area (Å²) in [5.41, 5.74) is 2.62. The number of anilines is 1. The third kappa shape index (κ3) is 5.84. The maximum atomic E-state index is 13.3. The molecule has 2 aromatic carbocycles. The number of amides is 2. The van der Waals surface area contributed by atoms with E-state index in [9.17, 15) is 22.8 Å². The molecule has 0 bridgehead atoms. The molecule has 1 aliphatic rings. The first-order chi connectivity index (χ1) is 18.7. The summed E-state index contributed by atoms with van der Waals surface area (Å²) in [6, 6.07) is 15.6. The summed E-state index contributed by atoms with van der Waals surface area (Å²) in [6.45, 7) is 2.74. The molecule has 3 heterocycles. The highest BCUT2D eigenvalue weighted by atomic mass is 19.4. The molecule has 0 radical (unpaired) electrons. The zero-order chi connectivity index (χ0) is 27.6. The van der Waals surface area contributed by atoms with Crippen molar-refractivity contribution in [1.82, 2.24) is 20.1 Å². The fourth-order valence-corrected chi connectivity index (χ4v) is 4.80. The number of carbonyl (C=O) groups is 2. The highest BCUT2D eigenvalue weighted by Crippen LogP contribution is 2.34. The van der Waals surface area contributed by atoms with E-state index < -0.39 is 11.9 Å². The van der Waals surface area contributed by atoms with E-state index in [4.69, 9.17) is 0 Å². The number of benzene rings is 2. The highest BCUT2D eigenvalue weighted by molar-refractivity contribution is 6.06. The molecule has 2 amide bonds. The van der Waals surface area contributed by atoms with Crippen LogP contribution < -0.4 is 5.32 Å². The molecular formula is C29H26F3N5O2. The summed E-state index contributed by atoms with van der Waals surface area (Å²) < 4.78 is 39.8. The number of aromatic amines is 1. The lowest BCUT2D eigenvalue weighted by molar-refractivity contribution is -0.140. The van der Waals surface area contributed by atoms with E-state index in [1.54, 1.807) is 30.3 Å². The van der Waals surface area contributed by atoms with Crippen LogP contribution in [0.4, 0.5) is 18.9 Å². The van der Waals surface area contributed by atoms with Crippen molar-refractivity contribution in [2.45, 2.75) is 31.9 Å². The number of rotatable bonds is 5. The number of nitrogens with one attached hydrogen (secondary N) is 2. The van der Waals surface area contributed by atoms with Gasteiger partial charge in [-0.15, -0.1) is 0 Å². The molecule has 7 nitrogen and oxygen atoms in total. The maximum absolute atomic E-state index is 13.3. The minimum atomic E-state index is -4.58. The normalized spacial score (nSPS) is 15.0. The Kier molecular flexibility index (Phi) is 7.19. The van der Waals surface area contributed by atoms with Crippen molar-refractivity contribution in [3.63, 3.8) is 0 Å². The lowest BCUT2D eigenvalue weighted by Crippen LogP contribution is -2.37. The van der Waals surface area contributed by atoms with Gasteiger partial charge in [-0.3, -0.25) is 19.7 Å². The minimum Gasteiger partial charge on any atom is -0.339 e. The summed E-state index contributed by atoms with van der Waals surface area (Å²) in [5.74, 6) is -0.258. The van der Waals surface area contributed by atoms with Crippen LogP contribution in [0.25, 0.3) is 17.0 Å². The lowest BCUT2D eigenvalue weighted by Gasteiger charge is -2.32. The highest BCUT2D eigenvalue weighted by Gasteiger charge is 2.35. The minimum absolute atomic E-state index is 0.113. The van der Waals surface area contributed by atoms with Gasteiger partial charge in [-0.2, -0.15) is 18.3 Å². The van der Waals surface area contributed by atoms with Crippen molar-refractivity contribution in [1.29, 1.82) is 0 Å². The van der Waals surface area contributed by atoms with E-state index in [-0.39, 0.29) is 34.2 Å². The summed E-state index contributed by atoms with van der Waals surface area (Å²) in [7, 11) is 0. The molecule has 2 N–H and O–H groups in total. The van der Waals surface area contributed by atoms with E-state index in [2.05, 4.69) is 15.4 Å². The van der Waals surface area contributed by atoms with Crippen molar-refractivity contribution < 1.29 is 22.8 Å². The summed E-state index contributed by atoms with van der Waals surface area (Å²) in [4.78, 5) is 31.3. The number of nitrogens with zero attached hydrogens (tertiary/aromatic N) is 3. The third-order valence-electron chi connectivity index (χ3n) is 6.93. The van der Waals surface area contributed by atoms with Crippen LogP contribution in [0.1, 0.15) is 52.9 Å². The van der Waals surface area contributed by atoms with Crippen molar-refractivity contribution in [3.05, 3.63) is 94.9 Å². The standard InChI is InChI=1S/C29H26F3N5O2/c1-18(15-19-3-2-12-33-17-19)27(38)34-23-7-4-20(5-8-23)21-10-13-37(14-11-21)28(39)22-6-9-25-24(16-22)26(36-35-25)29(30,31)32/h2-9,12,15-17,21H,10-11,13-14H2,1H3,(H,34,38)(H,35,36)/b18-15+. The Balaban J connectivity index is 1.18. The van der Waals surface area contributed by atoms with Crippen molar-refractivity contribution in [3.8, 4) is 0 Å². The number of alkyl halides is 3. The van der Waals surface area contributed by atoms with Crippen LogP contribution in [0.5, 0.6) is 0 Å². The van der Waals surface area contributed by atoms with Crippen LogP contribution in [0.3, 0.4) is 0 Å². The molecule has 200 valence electrons. The Hall–Kier alpha value is -4.47. The van der Waals surface area contributed by atoms with E-state index in [0.717, 1.165) is 24.0 Å². The number of halogens is 3. The number of hydrogen-bond acceptors (Lipinski definition) is 4. The summed E-state index contributed by atoms with van der Waals surface area (Å²) in [6.07, 6.45) is 2.01. The second-order valence-electron chi connectivity index (χ2n) is 9.58. The summed E-state index contributed by atoms with van der Waals surface area (Å²) in [5, 5.41) is 8.50. The largest absolute Gasteiger partial charge is 0.433 e. The molecule has 0 atom stereocenters. The van der Waals surface area contributed by atoms with Gasteiger partial charge in [0.05, 0.1) is 5.52 Å².